The number of nitrogens with two attached hydrogens (primary N) is 1. The number of primary amides is 1. The molecule has 0 saturated carbocycles. The van der Waals surface area contributed by atoms with Crippen molar-refractivity contribution >= 4 is 5.91 Å². The second kappa shape index (κ2) is 5.86. The van der Waals surface area contributed by atoms with Crippen LogP contribution in [0.2, 0.25) is 0 Å². The molecule has 2 atom stereocenters. The quantitative estimate of drug-likeness (QED) is 0.890. The van der Waals surface area contributed by atoms with Crippen LogP contribution in [0.3, 0.4) is 0 Å². The van der Waals surface area contributed by atoms with E-state index in [1.165, 1.54) is 0 Å². The van der Waals surface area contributed by atoms with Gasteiger partial charge in [0, 0.05) is 0 Å². The molecule has 1 fully saturated rings. The minimum atomic E-state index is -0.707. The van der Waals surface area contributed by atoms with E-state index in [0.717, 1.165) is 43.5 Å². The molecular weight excluding hydrogens is 260 g/mol. The fourth-order valence-electron chi connectivity index (χ4n) is 3.75. The van der Waals surface area contributed by atoms with Gasteiger partial charge in [0.2, 0.25) is 5.91 Å². The van der Waals surface area contributed by atoms with E-state index < -0.39 is 5.41 Å². The fourth-order valence-corrected chi connectivity index (χ4v) is 3.75. The molecule has 1 aromatic rings. The van der Waals surface area contributed by atoms with Gasteiger partial charge >= 0.3 is 0 Å². The molecule has 0 bridgehead atoms. The van der Waals surface area contributed by atoms with E-state index in [4.69, 9.17) is 5.73 Å². The van der Waals surface area contributed by atoms with Gasteiger partial charge in [-0.25, -0.2) is 0 Å². The third kappa shape index (κ3) is 2.32. The first kappa shape index (κ1) is 14.1. The van der Waals surface area contributed by atoms with Gasteiger partial charge in [-0.15, -0.1) is 0 Å². The summed E-state index contributed by atoms with van der Waals surface area (Å²) in [5, 5.41) is 3.38. The van der Waals surface area contributed by atoms with Crippen molar-refractivity contribution in [1.29, 1.82) is 0 Å². The monoisotopic (exact) mass is 282 g/mol. The zero-order chi connectivity index (χ0) is 14.7. The van der Waals surface area contributed by atoms with Crippen LogP contribution >= 0.6 is 0 Å². The summed E-state index contributed by atoms with van der Waals surface area (Å²) in [5.74, 6) is -0.0217. The Labute approximate surface area is 125 Å². The van der Waals surface area contributed by atoms with Crippen LogP contribution < -0.4 is 11.1 Å². The molecule has 1 aliphatic heterocycles. The van der Waals surface area contributed by atoms with Crippen LogP contribution in [-0.2, 0) is 10.2 Å². The van der Waals surface area contributed by atoms with Gasteiger partial charge in [-0.05, 0) is 49.4 Å². The predicted molar refractivity (Wildman–Crippen MR) is 84.7 cm³/mol. The van der Waals surface area contributed by atoms with E-state index in [-0.39, 0.29) is 11.8 Å². The highest BCUT2D eigenvalue weighted by molar-refractivity contribution is 5.92. The topological polar surface area (TPSA) is 55.1 Å². The number of hydrogen-bond acceptors (Lipinski definition) is 2. The zero-order valence-corrected chi connectivity index (χ0v) is 12.2. The molecule has 1 heterocycles. The highest BCUT2D eigenvalue weighted by Gasteiger charge is 2.48. The normalized spacial score (nSPS) is 24.4. The number of allylic oxidation sites excluding steroid dienone is 3. The molecular formula is C18H22N2O. The number of amides is 1. The Bertz CT molecular complexity index is 570. The van der Waals surface area contributed by atoms with Crippen LogP contribution in [-0.4, -0.2) is 19.0 Å². The van der Waals surface area contributed by atoms with E-state index >= 15 is 0 Å². The number of carbonyl (C=O) groups is 1. The molecule has 3 nitrogen and oxygen atoms in total. The Morgan fingerprint density at radius 1 is 1.24 bits per heavy atom. The first-order valence-electron chi connectivity index (χ1n) is 7.69. The average Bonchev–Trinajstić information content (AvgIpc) is 3.04. The average molecular weight is 282 g/mol. The summed E-state index contributed by atoms with van der Waals surface area (Å²) in [4.78, 5) is 12.6. The molecule has 21 heavy (non-hydrogen) atoms. The Morgan fingerprint density at radius 2 is 2.05 bits per heavy atom. The van der Waals surface area contributed by atoms with E-state index in [2.05, 4.69) is 23.5 Å². The predicted octanol–water partition coefficient (Wildman–Crippen LogP) is 2.30. The fraction of sp³-hybridized carbons (Fsp3) is 0.389. The summed E-state index contributed by atoms with van der Waals surface area (Å²) in [7, 11) is 0. The first-order valence-corrected chi connectivity index (χ1v) is 7.69. The Morgan fingerprint density at radius 3 is 2.62 bits per heavy atom. The minimum Gasteiger partial charge on any atom is -0.369 e. The largest absolute Gasteiger partial charge is 0.369 e. The van der Waals surface area contributed by atoms with E-state index in [1.807, 2.05) is 30.3 Å². The highest BCUT2D eigenvalue weighted by Crippen LogP contribution is 2.43. The van der Waals surface area contributed by atoms with Gasteiger partial charge in [0.1, 0.15) is 5.41 Å². The van der Waals surface area contributed by atoms with Crippen LogP contribution in [0.15, 0.2) is 54.1 Å². The molecule has 1 saturated heterocycles. The molecule has 1 aliphatic carbocycles. The van der Waals surface area contributed by atoms with E-state index in [1.54, 1.807) is 0 Å². The van der Waals surface area contributed by atoms with Crippen LogP contribution in [0.25, 0.3) is 0 Å². The van der Waals surface area contributed by atoms with Crippen molar-refractivity contribution in [1.82, 2.24) is 5.32 Å². The van der Waals surface area contributed by atoms with Gasteiger partial charge < -0.3 is 11.1 Å². The van der Waals surface area contributed by atoms with Gasteiger partial charge in [-0.2, -0.15) is 0 Å². The summed E-state index contributed by atoms with van der Waals surface area (Å²) in [5.41, 5.74) is 7.35. The molecule has 3 N–H and O–H groups in total. The summed E-state index contributed by atoms with van der Waals surface area (Å²) in [6.07, 6.45) is 9.43. The number of hydrogen-bond donors (Lipinski definition) is 2. The maximum atomic E-state index is 12.6. The van der Waals surface area contributed by atoms with Crippen LogP contribution in [0.5, 0.6) is 0 Å². The molecule has 3 heteroatoms. The molecule has 110 valence electrons. The van der Waals surface area contributed by atoms with Crippen molar-refractivity contribution in [2.75, 3.05) is 13.1 Å². The van der Waals surface area contributed by atoms with Crippen LogP contribution in [0.1, 0.15) is 24.8 Å². The van der Waals surface area contributed by atoms with Crippen molar-refractivity contribution in [2.24, 2.45) is 11.7 Å². The van der Waals surface area contributed by atoms with Gasteiger partial charge in [0.05, 0.1) is 0 Å². The van der Waals surface area contributed by atoms with Gasteiger partial charge in [-0.3, -0.25) is 4.79 Å². The maximum absolute atomic E-state index is 12.6. The molecule has 0 radical (unpaired) electrons. The molecule has 3 rings (SSSR count). The molecule has 1 amide bonds. The lowest BCUT2D eigenvalue weighted by Gasteiger charge is -2.38. The number of nitrogens with one attached hydrogen (secondary N) is 1. The lowest BCUT2D eigenvalue weighted by molar-refractivity contribution is -0.123. The minimum absolute atomic E-state index is 0.214. The van der Waals surface area contributed by atoms with Crippen molar-refractivity contribution < 1.29 is 4.79 Å². The lowest BCUT2D eigenvalue weighted by atomic mass is 9.63. The number of rotatable bonds is 4. The number of benzene rings is 1. The Hall–Kier alpha value is -1.87. The molecule has 2 aliphatic rings. The summed E-state index contributed by atoms with van der Waals surface area (Å²) in [6.45, 7) is 1.78. The Balaban J connectivity index is 2.18. The zero-order valence-electron chi connectivity index (χ0n) is 12.2. The summed E-state index contributed by atoms with van der Waals surface area (Å²) < 4.78 is 0. The molecule has 0 spiro atoms. The molecule has 0 aromatic heterocycles. The smallest absolute Gasteiger partial charge is 0.232 e. The van der Waals surface area contributed by atoms with Gasteiger partial charge in [0.25, 0.3) is 0 Å². The molecule has 1 unspecified atom stereocenters. The van der Waals surface area contributed by atoms with Crippen molar-refractivity contribution in [2.45, 2.75) is 24.7 Å². The van der Waals surface area contributed by atoms with Gasteiger partial charge in [-0.1, -0.05) is 48.6 Å². The van der Waals surface area contributed by atoms with E-state index in [9.17, 15) is 4.79 Å². The second-order valence-electron chi connectivity index (χ2n) is 5.87. The van der Waals surface area contributed by atoms with Gasteiger partial charge in [0.15, 0.2) is 0 Å². The second-order valence-corrected chi connectivity index (χ2v) is 5.87. The first-order chi connectivity index (χ1) is 10.3. The Kier molecular flexibility index (Phi) is 3.93. The summed E-state index contributed by atoms with van der Waals surface area (Å²) >= 11 is 0. The van der Waals surface area contributed by atoms with E-state index in [0.29, 0.717) is 0 Å². The van der Waals surface area contributed by atoms with Crippen molar-refractivity contribution in [3.05, 3.63) is 59.7 Å². The third-order valence-corrected chi connectivity index (χ3v) is 4.74. The van der Waals surface area contributed by atoms with Crippen LogP contribution in [0.4, 0.5) is 0 Å². The highest BCUT2D eigenvalue weighted by atomic mass is 16.1. The number of carbonyl (C=O) groups excluding carboxylic acids is 1. The third-order valence-electron chi connectivity index (χ3n) is 4.74. The summed E-state index contributed by atoms with van der Waals surface area (Å²) in [6, 6.07) is 10.0. The van der Waals surface area contributed by atoms with Crippen LogP contribution in [0, 0.1) is 5.92 Å². The maximum Gasteiger partial charge on any atom is 0.232 e. The van der Waals surface area contributed by atoms with Crippen molar-refractivity contribution in [3.8, 4) is 0 Å². The SMILES string of the molecule is NC(=O)C(C1=CCCC=C1)(c1ccccc1)[C@@H]1CCNC1. The van der Waals surface area contributed by atoms with Crippen molar-refractivity contribution in [3.63, 3.8) is 0 Å². The molecule has 1 aromatic carbocycles. The standard InChI is InChI=1S/C18H22N2O/c19-17(21)18(16-11-12-20-13-16,14-7-3-1-4-8-14)15-9-5-2-6-10-15/h1,3-5,7-10,16,20H,2,6,11-13H2,(H2,19,21)/t16-,18?/m1/s1. The lowest BCUT2D eigenvalue weighted by Crippen LogP contribution is -2.49.